The van der Waals surface area contributed by atoms with Crippen LogP contribution < -0.4 is 10.5 Å². The van der Waals surface area contributed by atoms with Gasteiger partial charge in [0.1, 0.15) is 11.9 Å². The molecule has 2 rings (SSSR count). The molecule has 1 heterocycles. The molecular weight excluding hydrogens is 297 g/mol. The number of halogens is 3. The third kappa shape index (κ3) is 4.13. The largest absolute Gasteiger partial charge is 0.490 e. The maximum Gasteiger partial charge on any atom is 0.416 e. The van der Waals surface area contributed by atoms with Crippen molar-refractivity contribution in [3.63, 3.8) is 0 Å². The lowest BCUT2D eigenvalue weighted by molar-refractivity contribution is -0.138. The van der Waals surface area contributed by atoms with Crippen molar-refractivity contribution in [3.05, 3.63) is 29.8 Å². The van der Waals surface area contributed by atoms with E-state index in [-0.39, 0.29) is 17.8 Å². The van der Waals surface area contributed by atoms with E-state index in [1.165, 1.54) is 12.1 Å². The molecule has 0 radical (unpaired) electrons. The van der Waals surface area contributed by atoms with E-state index in [1.54, 1.807) is 11.8 Å². The zero-order chi connectivity index (χ0) is 16.3. The Balaban J connectivity index is 1.93. The first-order chi connectivity index (χ1) is 10.3. The van der Waals surface area contributed by atoms with E-state index in [0.717, 1.165) is 12.1 Å². The van der Waals surface area contributed by atoms with Crippen molar-refractivity contribution in [3.8, 4) is 5.75 Å². The van der Waals surface area contributed by atoms with Crippen LogP contribution in [0, 0.1) is 0 Å². The number of benzene rings is 1. The smallest absolute Gasteiger partial charge is 0.416 e. The average molecular weight is 316 g/mol. The number of rotatable bonds is 3. The summed E-state index contributed by atoms with van der Waals surface area (Å²) in [4.78, 5) is 13.4. The van der Waals surface area contributed by atoms with Crippen molar-refractivity contribution < 1.29 is 22.7 Å². The fourth-order valence-corrected chi connectivity index (χ4v) is 2.42. The van der Waals surface area contributed by atoms with Gasteiger partial charge in [0.25, 0.3) is 0 Å². The Morgan fingerprint density at radius 2 is 2.00 bits per heavy atom. The van der Waals surface area contributed by atoms with E-state index in [0.29, 0.717) is 25.9 Å². The van der Waals surface area contributed by atoms with E-state index in [9.17, 15) is 18.0 Å². The highest BCUT2D eigenvalue weighted by molar-refractivity contribution is 5.81. The van der Waals surface area contributed by atoms with Gasteiger partial charge < -0.3 is 15.4 Å². The van der Waals surface area contributed by atoms with Crippen LogP contribution in [0.25, 0.3) is 0 Å². The second-order valence-corrected chi connectivity index (χ2v) is 5.46. The number of ether oxygens (including phenoxy) is 1. The first kappa shape index (κ1) is 16.6. The summed E-state index contributed by atoms with van der Waals surface area (Å²) < 4.78 is 43.6. The summed E-state index contributed by atoms with van der Waals surface area (Å²) in [7, 11) is 0. The van der Waals surface area contributed by atoms with Gasteiger partial charge in [-0.05, 0) is 25.1 Å². The molecule has 1 aromatic carbocycles. The molecule has 122 valence electrons. The summed E-state index contributed by atoms with van der Waals surface area (Å²) >= 11 is 0. The molecule has 4 nitrogen and oxygen atoms in total. The molecule has 1 aliphatic heterocycles. The molecule has 0 aliphatic carbocycles. The van der Waals surface area contributed by atoms with Gasteiger partial charge in [-0.25, -0.2) is 0 Å². The fraction of sp³-hybridized carbons (Fsp3) is 0.533. The van der Waals surface area contributed by atoms with Gasteiger partial charge in [0.2, 0.25) is 5.91 Å². The van der Waals surface area contributed by atoms with Gasteiger partial charge in [-0.3, -0.25) is 4.79 Å². The Kier molecular flexibility index (Phi) is 4.95. The maximum absolute atomic E-state index is 12.7. The van der Waals surface area contributed by atoms with Gasteiger partial charge in [-0.15, -0.1) is 0 Å². The summed E-state index contributed by atoms with van der Waals surface area (Å²) in [6, 6.07) is 4.30. The van der Waals surface area contributed by atoms with Crippen LogP contribution in [0.3, 0.4) is 0 Å². The molecule has 0 unspecified atom stereocenters. The molecule has 0 saturated carbocycles. The van der Waals surface area contributed by atoms with Crippen LogP contribution in [0.5, 0.6) is 5.75 Å². The van der Waals surface area contributed by atoms with Crippen LogP contribution >= 0.6 is 0 Å². The van der Waals surface area contributed by atoms with Crippen LogP contribution in [0.1, 0.15) is 25.3 Å². The molecule has 1 amide bonds. The van der Waals surface area contributed by atoms with Crippen LogP contribution in [0.4, 0.5) is 13.2 Å². The van der Waals surface area contributed by atoms with Crippen LogP contribution in [-0.4, -0.2) is 36.0 Å². The minimum atomic E-state index is -4.38. The van der Waals surface area contributed by atoms with Crippen molar-refractivity contribution in [2.75, 3.05) is 13.1 Å². The number of carbonyl (C=O) groups excluding carboxylic acids is 1. The minimum absolute atomic E-state index is 0.113. The monoisotopic (exact) mass is 316 g/mol. The van der Waals surface area contributed by atoms with Crippen molar-refractivity contribution >= 4 is 5.91 Å². The Morgan fingerprint density at radius 3 is 2.55 bits per heavy atom. The third-order valence-corrected chi connectivity index (χ3v) is 3.61. The Morgan fingerprint density at radius 1 is 1.36 bits per heavy atom. The topological polar surface area (TPSA) is 55.6 Å². The molecule has 1 aliphatic rings. The molecule has 0 aromatic heterocycles. The van der Waals surface area contributed by atoms with Crippen LogP contribution in [-0.2, 0) is 11.0 Å². The highest BCUT2D eigenvalue weighted by Gasteiger charge is 2.31. The number of amides is 1. The number of nitrogens with zero attached hydrogens (tertiary/aromatic N) is 1. The summed E-state index contributed by atoms with van der Waals surface area (Å²) in [5.41, 5.74) is 4.83. The molecule has 1 fully saturated rings. The van der Waals surface area contributed by atoms with E-state index < -0.39 is 17.8 Å². The highest BCUT2D eigenvalue weighted by Crippen LogP contribution is 2.32. The predicted octanol–water partition coefficient (Wildman–Crippen LogP) is 2.42. The van der Waals surface area contributed by atoms with Gasteiger partial charge in [-0.2, -0.15) is 13.2 Å². The van der Waals surface area contributed by atoms with Gasteiger partial charge >= 0.3 is 6.18 Å². The molecule has 1 saturated heterocycles. The number of piperidine rings is 1. The number of carbonyl (C=O) groups is 1. The van der Waals surface area contributed by atoms with Crippen molar-refractivity contribution in [2.45, 2.75) is 38.1 Å². The molecule has 7 heteroatoms. The first-order valence-electron chi connectivity index (χ1n) is 7.15. The lowest BCUT2D eigenvalue weighted by atomic mass is 10.1. The zero-order valence-electron chi connectivity index (χ0n) is 12.3. The highest BCUT2D eigenvalue weighted by atomic mass is 19.4. The molecule has 22 heavy (non-hydrogen) atoms. The lowest BCUT2D eigenvalue weighted by Crippen LogP contribution is -2.47. The quantitative estimate of drug-likeness (QED) is 0.932. The summed E-state index contributed by atoms with van der Waals surface area (Å²) in [5.74, 6) is 0.0873. The van der Waals surface area contributed by atoms with Crippen molar-refractivity contribution in [1.29, 1.82) is 0 Å². The zero-order valence-corrected chi connectivity index (χ0v) is 12.3. The lowest BCUT2D eigenvalue weighted by Gasteiger charge is -2.33. The van der Waals surface area contributed by atoms with Crippen LogP contribution in [0.2, 0.25) is 0 Å². The second kappa shape index (κ2) is 6.56. The van der Waals surface area contributed by atoms with E-state index in [1.807, 2.05) is 0 Å². The average Bonchev–Trinajstić information content (AvgIpc) is 2.46. The number of hydrogen-bond acceptors (Lipinski definition) is 3. The molecule has 1 aromatic rings. The van der Waals surface area contributed by atoms with Crippen molar-refractivity contribution in [2.24, 2.45) is 5.73 Å². The van der Waals surface area contributed by atoms with Gasteiger partial charge in [0.15, 0.2) is 0 Å². The predicted molar refractivity (Wildman–Crippen MR) is 75.3 cm³/mol. The van der Waals surface area contributed by atoms with Gasteiger partial charge in [0.05, 0.1) is 11.6 Å². The SMILES string of the molecule is C[C@H](N)C(=O)N1CCC(Oc2cccc(C(F)(F)F)c2)CC1. The Labute approximate surface area is 127 Å². The molecule has 2 N–H and O–H groups in total. The fourth-order valence-electron chi connectivity index (χ4n) is 2.42. The third-order valence-electron chi connectivity index (χ3n) is 3.61. The van der Waals surface area contributed by atoms with E-state index in [4.69, 9.17) is 10.5 Å². The summed E-state index contributed by atoms with van der Waals surface area (Å²) in [6.45, 7) is 2.64. The number of hydrogen-bond donors (Lipinski definition) is 1. The minimum Gasteiger partial charge on any atom is -0.490 e. The van der Waals surface area contributed by atoms with Crippen molar-refractivity contribution in [1.82, 2.24) is 4.90 Å². The molecule has 0 bridgehead atoms. The normalized spacial score (nSPS) is 18.1. The van der Waals surface area contributed by atoms with E-state index in [2.05, 4.69) is 0 Å². The van der Waals surface area contributed by atoms with E-state index >= 15 is 0 Å². The second-order valence-electron chi connectivity index (χ2n) is 5.46. The summed E-state index contributed by atoms with van der Waals surface area (Å²) in [6.07, 6.45) is -3.42. The number of likely N-dealkylation sites (tertiary alicyclic amines) is 1. The van der Waals surface area contributed by atoms with Crippen LogP contribution in [0.15, 0.2) is 24.3 Å². The molecule has 1 atom stereocenters. The number of nitrogens with two attached hydrogens (primary N) is 1. The Hall–Kier alpha value is -1.76. The standard InChI is InChI=1S/C15H19F3N2O2/c1-10(19)14(21)20-7-5-12(6-8-20)22-13-4-2-3-11(9-13)15(16,17)18/h2-4,9-10,12H,5-8,19H2,1H3/t10-/m0/s1. The molecular formula is C15H19F3N2O2. The molecule has 0 spiro atoms. The maximum atomic E-state index is 12.7. The first-order valence-corrected chi connectivity index (χ1v) is 7.15. The number of alkyl halides is 3. The van der Waals surface area contributed by atoms with Gasteiger partial charge in [-0.1, -0.05) is 6.07 Å². The van der Waals surface area contributed by atoms with Gasteiger partial charge in [0, 0.05) is 25.9 Å². The Bertz CT molecular complexity index is 524. The summed E-state index contributed by atoms with van der Waals surface area (Å²) in [5, 5.41) is 0.